The Morgan fingerprint density at radius 3 is 2.25 bits per heavy atom. The number of hydrogen-bond acceptors (Lipinski definition) is 2. The second-order valence-corrected chi connectivity index (χ2v) is 4.74. The van der Waals surface area contributed by atoms with Crippen LogP contribution in [0, 0.1) is 25.5 Å². The summed E-state index contributed by atoms with van der Waals surface area (Å²) >= 11 is 0. The van der Waals surface area contributed by atoms with Gasteiger partial charge >= 0.3 is 0 Å². The molecule has 0 aliphatic heterocycles. The number of halogens is 2. The first kappa shape index (κ1) is 14.5. The fourth-order valence-corrected chi connectivity index (χ4v) is 2.15. The molecule has 0 unspecified atom stereocenters. The molecule has 0 amide bonds. The van der Waals surface area contributed by atoms with Gasteiger partial charge in [0.2, 0.25) is 0 Å². The third-order valence-electron chi connectivity index (χ3n) is 3.09. The van der Waals surface area contributed by atoms with Gasteiger partial charge < -0.3 is 9.84 Å². The summed E-state index contributed by atoms with van der Waals surface area (Å²) in [6.07, 6.45) is 0. The summed E-state index contributed by atoms with van der Waals surface area (Å²) in [5, 5.41) is 9.12. The fourth-order valence-electron chi connectivity index (χ4n) is 2.15. The SMILES string of the molecule is Cc1cc(CO)cc(C)c1OCc1ccc(F)cc1F. The second-order valence-electron chi connectivity index (χ2n) is 4.74. The van der Waals surface area contributed by atoms with Gasteiger partial charge in [0.05, 0.1) is 6.61 Å². The second kappa shape index (κ2) is 6.01. The van der Waals surface area contributed by atoms with Gasteiger partial charge in [-0.1, -0.05) is 12.1 Å². The van der Waals surface area contributed by atoms with Crippen LogP contribution in [-0.2, 0) is 13.2 Å². The van der Waals surface area contributed by atoms with E-state index in [1.807, 2.05) is 26.0 Å². The first-order valence-electron chi connectivity index (χ1n) is 6.29. The summed E-state index contributed by atoms with van der Waals surface area (Å²) < 4.78 is 32.0. The Bertz CT molecular complexity index is 601. The lowest BCUT2D eigenvalue weighted by Gasteiger charge is -2.14. The van der Waals surface area contributed by atoms with Gasteiger partial charge in [-0.05, 0) is 42.7 Å². The first-order chi connectivity index (χ1) is 9.51. The van der Waals surface area contributed by atoms with Crippen LogP contribution >= 0.6 is 0 Å². The van der Waals surface area contributed by atoms with Crippen molar-refractivity contribution in [3.63, 3.8) is 0 Å². The summed E-state index contributed by atoms with van der Waals surface area (Å²) in [7, 11) is 0. The number of rotatable bonds is 4. The van der Waals surface area contributed by atoms with E-state index in [9.17, 15) is 8.78 Å². The third-order valence-corrected chi connectivity index (χ3v) is 3.09. The van der Waals surface area contributed by atoms with Crippen molar-refractivity contribution in [2.75, 3.05) is 0 Å². The average molecular weight is 278 g/mol. The zero-order chi connectivity index (χ0) is 14.7. The zero-order valence-electron chi connectivity index (χ0n) is 11.4. The maximum Gasteiger partial charge on any atom is 0.132 e. The van der Waals surface area contributed by atoms with Gasteiger partial charge in [-0.15, -0.1) is 0 Å². The van der Waals surface area contributed by atoms with Crippen molar-refractivity contribution in [2.24, 2.45) is 0 Å². The molecule has 2 rings (SSSR count). The minimum absolute atomic E-state index is 0.0332. The van der Waals surface area contributed by atoms with Crippen molar-refractivity contribution in [1.29, 1.82) is 0 Å². The van der Waals surface area contributed by atoms with Crippen LogP contribution in [0.15, 0.2) is 30.3 Å². The Labute approximate surface area is 116 Å². The molecule has 0 aromatic heterocycles. The van der Waals surface area contributed by atoms with Crippen molar-refractivity contribution in [2.45, 2.75) is 27.1 Å². The zero-order valence-corrected chi connectivity index (χ0v) is 11.4. The largest absolute Gasteiger partial charge is 0.488 e. The molecule has 2 nitrogen and oxygen atoms in total. The number of ether oxygens (including phenoxy) is 1. The van der Waals surface area contributed by atoms with Gasteiger partial charge in [0.1, 0.15) is 24.0 Å². The maximum absolute atomic E-state index is 13.5. The molecule has 0 bridgehead atoms. The van der Waals surface area contributed by atoms with E-state index in [0.717, 1.165) is 22.8 Å². The van der Waals surface area contributed by atoms with Crippen molar-refractivity contribution in [1.82, 2.24) is 0 Å². The van der Waals surface area contributed by atoms with Crippen LogP contribution in [0.3, 0.4) is 0 Å². The highest BCUT2D eigenvalue weighted by molar-refractivity contribution is 5.43. The van der Waals surface area contributed by atoms with Crippen molar-refractivity contribution in [3.05, 3.63) is 64.2 Å². The summed E-state index contributed by atoms with van der Waals surface area (Å²) in [5.41, 5.74) is 2.85. The number of aryl methyl sites for hydroxylation is 2. The summed E-state index contributed by atoms with van der Waals surface area (Å²) in [6, 6.07) is 7.06. The summed E-state index contributed by atoms with van der Waals surface area (Å²) in [5.74, 6) is -0.566. The molecule has 0 spiro atoms. The maximum atomic E-state index is 13.5. The highest BCUT2D eigenvalue weighted by Crippen LogP contribution is 2.26. The monoisotopic (exact) mass is 278 g/mol. The highest BCUT2D eigenvalue weighted by atomic mass is 19.1. The number of hydrogen-bond donors (Lipinski definition) is 1. The topological polar surface area (TPSA) is 29.5 Å². The van der Waals surface area contributed by atoms with E-state index in [4.69, 9.17) is 9.84 Å². The molecule has 106 valence electrons. The molecule has 1 N–H and O–H groups in total. The average Bonchev–Trinajstić information content (AvgIpc) is 2.39. The number of aliphatic hydroxyl groups excluding tert-OH is 1. The van der Waals surface area contributed by atoms with Crippen LogP contribution in [0.5, 0.6) is 5.75 Å². The third kappa shape index (κ3) is 3.14. The molecule has 2 aromatic carbocycles. The molecule has 4 heteroatoms. The molecule has 0 aliphatic rings. The van der Waals surface area contributed by atoms with Gasteiger partial charge in [-0.25, -0.2) is 8.78 Å². The fraction of sp³-hybridized carbons (Fsp3) is 0.250. The van der Waals surface area contributed by atoms with Crippen LogP contribution in [-0.4, -0.2) is 5.11 Å². The molecule has 0 atom stereocenters. The minimum Gasteiger partial charge on any atom is -0.488 e. The van der Waals surface area contributed by atoms with Crippen LogP contribution in [0.25, 0.3) is 0 Å². The molecule has 0 saturated carbocycles. The van der Waals surface area contributed by atoms with E-state index in [0.29, 0.717) is 11.3 Å². The molecule has 0 saturated heterocycles. The van der Waals surface area contributed by atoms with Crippen LogP contribution in [0.1, 0.15) is 22.3 Å². The molecular weight excluding hydrogens is 262 g/mol. The van der Waals surface area contributed by atoms with E-state index in [1.165, 1.54) is 12.1 Å². The Morgan fingerprint density at radius 2 is 1.70 bits per heavy atom. The van der Waals surface area contributed by atoms with Crippen molar-refractivity contribution >= 4 is 0 Å². The van der Waals surface area contributed by atoms with E-state index < -0.39 is 11.6 Å². The van der Waals surface area contributed by atoms with Gasteiger partial charge in [-0.2, -0.15) is 0 Å². The standard InChI is InChI=1S/C16H16F2O2/c1-10-5-12(8-19)6-11(2)16(10)20-9-13-3-4-14(17)7-15(13)18/h3-7,19H,8-9H2,1-2H3. The molecule has 0 aliphatic carbocycles. The van der Waals surface area contributed by atoms with Crippen LogP contribution < -0.4 is 4.74 Å². The molecule has 0 radical (unpaired) electrons. The van der Waals surface area contributed by atoms with Crippen LogP contribution in [0.2, 0.25) is 0 Å². The van der Waals surface area contributed by atoms with Gasteiger partial charge in [0.25, 0.3) is 0 Å². The van der Waals surface area contributed by atoms with Crippen molar-refractivity contribution in [3.8, 4) is 5.75 Å². The predicted molar refractivity (Wildman–Crippen MR) is 72.5 cm³/mol. The Morgan fingerprint density at radius 1 is 1.05 bits per heavy atom. The quantitative estimate of drug-likeness (QED) is 0.925. The van der Waals surface area contributed by atoms with Gasteiger partial charge in [0, 0.05) is 11.6 Å². The molecule has 2 aromatic rings. The first-order valence-corrected chi connectivity index (χ1v) is 6.29. The Balaban J connectivity index is 2.19. The van der Waals surface area contributed by atoms with E-state index in [2.05, 4.69) is 0 Å². The van der Waals surface area contributed by atoms with E-state index in [1.54, 1.807) is 0 Å². The molecular formula is C16H16F2O2. The lowest BCUT2D eigenvalue weighted by atomic mass is 10.1. The Kier molecular flexibility index (Phi) is 4.35. The van der Waals surface area contributed by atoms with Crippen molar-refractivity contribution < 1.29 is 18.6 Å². The van der Waals surface area contributed by atoms with E-state index >= 15 is 0 Å². The molecule has 0 heterocycles. The summed E-state index contributed by atoms with van der Waals surface area (Å²) in [4.78, 5) is 0. The number of benzene rings is 2. The van der Waals surface area contributed by atoms with E-state index in [-0.39, 0.29) is 13.2 Å². The van der Waals surface area contributed by atoms with Gasteiger partial charge in [0.15, 0.2) is 0 Å². The molecule has 20 heavy (non-hydrogen) atoms. The lowest BCUT2D eigenvalue weighted by molar-refractivity contribution is 0.279. The number of aliphatic hydroxyl groups is 1. The highest BCUT2D eigenvalue weighted by Gasteiger charge is 2.09. The molecule has 0 fully saturated rings. The van der Waals surface area contributed by atoms with Gasteiger partial charge in [-0.3, -0.25) is 0 Å². The predicted octanol–water partition coefficient (Wildman–Crippen LogP) is 3.65. The van der Waals surface area contributed by atoms with Crippen LogP contribution in [0.4, 0.5) is 8.78 Å². The smallest absolute Gasteiger partial charge is 0.132 e. The Hall–Kier alpha value is -1.94. The normalized spacial score (nSPS) is 10.7. The minimum atomic E-state index is -0.618. The lowest BCUT2D eigenvalue weighted by Crippen LogP contribution is -2.02. The summed E-state index contributed by atoms with van der Waals surface area (Å²) in [6.45, 7) is 3.73.